The summed E-state index contributed by atoms with van der Waals surface area (Å²) in [6.45, 7) is 4.29. The van der Waals surface area contributed by atoms with E-state index in [1.54, 1.807) is 24.3 Å². The van der Waals surface area contributed by atoms with Gasteiger partial charge in [-0.1, -0.05) is 30.3 Å². The Morgan fingerprint density at radius 2 is 1.96 bits per heavy atom. The van der Waals surface area contributed by atoms with Crippen molar-refractivity contribution in [2.24, 2.45) is 5.73 Å². The molecular weight excluding hydrogens is 327 g/mol. The number of halogens is 2. The zero-order valence-electron chi connectivity index (χ0n) is 13.0. The van der Waals surface area contributed by atoms with Crippen LogP contribution in [-0.2, 0) is 10.2 Å². The molecular formula is C19H16ClFN2O. The highest BCUT2D eigenvalue weighted by atomic mass is 35.5. The topological polar surface area (TPSA) is 55.1 Å². The standard InChI is InChI=1S/C19H16ClFN2O/c1-10-13-7-14(15(20)8-17(13)23-18(10)24)12-3-2-11(6-16(12)21)19(9-22)4-5-19/h2-3,6-8H,1,4-5,9,22H2,(H,23,24). The number of nitrogens with one attached hydrogen (secondary N) is 1. The van der Waals surface area contributed by atoms with Crippen LogP contribution in [-0.4, -0.2) is 12.5 Å². The highest BCUT2D eigenvalue weighted by Crippen LogP contribution is 2.48. The summed E-state index contributed by atoms with van der Waals surface area (Å²) in [7, 11) is 0. The van der Waals surface area contributed by atoms with E-state index < -0.39 is 0 Å². The van der Waals surface area contributed by atoms with Crippen molar-refractivity contribution < 1.29 is 9.18 Å². The molecule has 2 aliphatic rings. The van der Waals surface area contributed by atoms with Crippen molar-refractivity contribution in [3.8, 4) is 11.1 Å². The first-order chi connectivity index (χ1) is 11.4. The zero-order valence-corrected chi connectivity index (χ0v) is 13.7. The molecule has 24 heavy (non-hydrogen) atoms. The van der Waals surface area contributed by atoms with Crippen LogP contribution in [0.1, 0.15) is 24.0 Å². The minimum atomic E-state index is -0.336. The molecule has 0 radical (unpaired) electrons. The molecule has 3 nitrogen and oxygen atoms in total. The molecule has 1 amide bonds. The molecule has 1 fully saturated rings. The summed E-state index contributed by atoms with van der Waals surface area (Å²) in [5.74, 6) is -0.593. The number of nitrogens with two attached hydrogens (primary N) is 1. The summed E-state index contributed by atoms with van der Waals surface area (Å²) >= 11 is 6.31. The third-order valence-corrected chi connectivity index (χ3v) is 5.38. The molecule has 1 saturated carbocycles. The van der Waals surface area contributed by atoms with Crippen molar-refractivity contribution >= 4 is 28.8 Å². The maximum atomic E-state index is 14.7. The van der Waals surface area contributed by atoms with Crippen molar-refractivity contribution in [3.05, 3.63) is 58.9 Å². The first-order valence-electron chi connectivity index (χ1n) is 7.80. The van der Waals surface area contributed by atoms with Gasteiger partial charge >= 0.3 is 0 Å². The van der Waals surface area contributed by atoms with Crippen LogP contribution in [0, 0.1) is 5.82 Å². The van der Waals surface area contributed by atoms with Gasteiger partial charge < -0.3 is 11.1 Å². The lowest BCUT2D eigenvalue weighted by Crippen LogP contribution is -2.19. The normalized spacial score (nSPS) is 17.6. The number of carbonyl (C=O) groups excluding carboxylic acids is 1. The quantitative estimate of drug-likeness (QED) is 0.825. The number of amides is 1. The second-order valence-electron chi connectivity index (χ2n) is 6.49. The fourth-order valence-corrected chi connectivity index (χ4v) is 3.54. The monoisotopic (exact) mass is 342 g/mol. The van der Waals surface area contributed by atoms with Gasteiger partial charge in [0.25, 0.3) is 5.91 Å². The Kier molecular flexibility index (Phi) is 3.31. The fourth-order valence-electron chi connectivity index (χ4n) is 3.28. The van der Waals surface area contributed by atoms with E-state index in [-0.39, 0.29) is 17.1 Å². The van der Waals surface area contributed by atoms with Gasteiger partial charge in [-0.15, -0.1) is 0 Å². The smallest absolute Gasteiger partial charge is 0.255 e. The largest absolute Gasteiger partial charge is 0.330 e. The van der Waals surface area contributed by atoms with Gasteiger partial charge in [-0.3, -0.25) is 4.79 Å². The first-order valence-corrected chi connectivity index (χ1v) is 8.18. The molecule has 0 aromatic heterocycles. The van der Waals surface area contributed by atoms with E-state index in [1.807, 2.05) is 6.07 Å². The Labute approximate surface area is 144 Å². The number of benzene rings is 2. The van der Waals surface area contributed by atoms with Crippen molar-refractivity contribution in [2.45, 2.75) is 18.3 Å². The van der Waals surface area contributed by atoms with Gasteiger partial charge in [-0.2, -0.15) is 0 Å². The highest BCUT2D eigenvalue weighted by Gasteiger charge is 2.43. The minimum absolute atomic E-state index is 0.0638. The molecule has 3 N–H and O–H groups in total. The lowest BCUT2D eigenvalue weighted by molar-refractivity contribution is -0.110. The Morgan fingerprint density at radius 3 is 2.58 bits per heavy atom. The minimum Gasteiger partial charge on any atom is -0.330 e. The molecule has 0 unspecified atom stereocenters. The molecule has 1 heterocycles. The summed E-state index contributed by atoms with van der Waals surface area (Å²) in [5, 5.41) is 3.08. The van der Waals surface area contributed by atoms with Gasteiger partial charge in [0, 0.05) is 34.2 Å². The van der Waals surface area contributed by atoms with Gasteiger partial charge in [0.1, 0.15) is 5.82 Å². The van der Waals surface area contributed by atoms with Crippen LogP contribution < -0.4 is 11.1 Å². The summed E-state index contributed by atoms with van der Waals surface area (Å²) in [6, 6.07) is 8.56. The summed E-state index contributed by atoms with van der Waals surface area (Å²) < 4.78 is 14.7. The number of hydrogen-bond acceptors (Lipinski definition) is 2. The summed E-state index contributed by atoms with van der Waals surface area (Å²) in [6.07, 6.45) is 1.99. The van der Waals surface area contributed by atoms with E-state index in [1.165, 1.54) is 0 Å². The molecule has 0 atom stereocenters. The van der Waals surface area contributed by atoms with E-state index in [2.05, 4.69) is 11.9 Å². The third kappa shape index (κ3) is 2.18. The van der Waals surface area contributed by atoms with Crippen LogP contribution in [0.5, 0.6) is 0 Å². The van der Waals surface area contributed by atoms with E-state index in [9.17, 15) is 9.18 Å². The number of rotatable bonds is 3. The zero-order chi connectivity index (χ0) is 17.1. The van der Waals surface area contributed by atoms with Crippen molar-refractivity contribution in [2.75, 3.05) is 11.9 Å². The molecule has 5 heteroatoms. The van der Waals surface area contributed by atoms with Crippen molar-refractivity contribution in [1.82, 2.24) is 0 Å². The number of carbonyl (C=O) groups is 1. The molecule has 1 aliphatic heterocycles. The molecule has 4 rings (SSSR count). The molecule has 2 aromatic carbocycles. The molecule has 1 aliphatic carbocycles. The third-order valence-electron chi connectivity index (χ3n) is 5.07. The van der Waals surface area contributed by atoms with Gasteiger partial charge in [0.05, 0.1) is 10.7 Å². The molecule has 122 valence electrons. The highest BCUT2D eigenvalue weighted by molar-refractivity contribution is 6.36. The molecule has 0 saturated heterocycles. The molecule has 2 aromatic rings. The first kappa shape index (κ1) is 15.4. The predicted octanol–water partition coefficient (Wildman–Crippen LogP) is 4.10. The maximum Gasteiger partial charge on any atom is 0.255 e. The lowest BCUT2D eigenvalue weighted by Gasteiger charge is -2.15. The lowest BCUT2D eigenvalue weighted by atomic mass is 9.92. The van der Waals surface area contributed by atoms with E-state index in [0.29, 0.717) is 39.5 Å². The number of fused-ring (bicyclic) bond motifs is 1. The van der Waals surface area contributed by atoms with E-state index >= 15 is 0 Å². The van der Waals surface area contributed by atoms with Crippen LogP contribution in [0.4, 0.5) is 10.1 Å². The Balaban J connectivity index is 1.80. The average molecular weight is 343 g/mol. The SMILES string of the molecule is C=C1C(=O)Nc2cc(Cl)c(-c3ccc(C4(CN)CC4)cc3F)cc21. The Hall–Kier alpha value is -2.17. The number of hydrogen-bond donors (Lipinski definition) is 2. The van der Waals surface area contributed by atoms with E-state index in [4.69, 9.17) is 17.3 Å². The summed E-state index contributed by atoms with van der Waals surface area (Å²) in [4.78, 5) is 11.7. The van der Waals surface area contributed by atoms with Crippen molar-refractivity contribution in [3.63, 3.8) is 0 Å². The van der Waals surface area contributed by atoms with Crippen LogP contribution in [0.2, 0.25) is 5.02 Å². The maximum absolute atomic E-state index is 14.7. The Morgan fingerprint density at radius 1 is 1.21 bits per heavy atom. The van der Waals surface area contributed by atoms with Crippen LogP contribution in [0.25, 0.3) is 16.7 Å². The Bertz CT molecular complexity index is 902. The van der Waals surface area contributed by atoms with Gasteiger partial charge in [0.2, 0.25) is 0 Å². The van der Waals surface area contributed by atoms with Crippen LogP contribution >= 0.6 is 11.6 Å². The molecule has 0 bridgehead atoms. The molecule has 0 spiro atoms. The van der Waals surface area contributed by atoms with Crippen LogP contribution in [0.15, 0.2) is 36.9 Å². The number of anilines is 1. The van der Waals surface area contributed by atoms with E-state index in [0.717, 1.165) is 18.4 Å². The van der Waals surface area contributed by atoms with Gasteiger partial charge in [0.15, 0.2) is 0 Å². The van der Waals surface area contributed by atoms with Gasteiger partial charge in [-0.05, 0) is 36.6 Å². The fraction of sp³-hybridized carbons (Fsp3) is 0.211. The second kappa shape index (κ2) is 5.16. The van der Waals surface area contributed by atoms with Crippen molar-refractivity contribution in [1.29, 1.82) is 0 Å². The predicted molar refractivity (Wildman–Crippen MR) is 94.5 cm³/mol. The average Bonchev–Trinajstić information content (AvgIpc) is 3.31. The van der Waals surface area contributed by atoms with Gasteiger partial charge in [-0.25, -0.2) is 4.39 Å². The second-order valence-corrected chi connectivity index (χ2v) is 6.90. The van der Waals surface area contributed by atoms with Crippen LogP contribution in [0.3, 0.4) is 0 Å². The summed E-state index contributed by atoms with van der Waals surface area (Å²) in [5.41, 5.74) is 9.28.